The molecule has 0 radical (unpaired) electrons. The number of nitrogens with zero attached hydrogens (tertiary/aromatic N) is 1. The first kappa shape index (κ1) is 12.3. The highest BCUT2D eigenvalue weighted by atomic mass is 15.1. The van der Waals surface area contributed by atoms with Gasteiger partial charge >= 0.3 is 0 Å². The summed E-state index contributed by atoms with van der Waals surface area (Å²) in [7, 11) is 4.20. The molecule has 0 amide bonds. The summed E-state index contributed by atoms with van der Waals surface area (Å²) in [6, 6.07) is 9.23. The van der Waals surface area contributed by atoms with E-state index in [4.69, 9.17) is 0 Å². The summed E-state index contributed by atoms with van der Waals surface area (Å²) in [6.07, 6.45) is 5.38. The minimum atomic E-state index is 0.653. The Morgan fingerprint density at radius 2 is 1.94 bits per heavy atom. The Kier molecular flexibility index (Phi) is 3.93. The first-order chi connectivity index (χ1) is 8.16. The van der Waals surface area contributed by atoms with Gasteiger partial charge in [0.15, 0.2) is 0 Å². The summed E-state index contributed by atoms with van der Waals surface area (Å²) < 4.78 is 0. The second kappa shape index (κ2) is 5.44. The lowest BCUT2D eigenvalue weighted by Crippen LogP contribution is -2.27. The van der Waals surface area contributed by atoms with Crippen molar-refractivity contribution >= 4 is 11.4 Å². The van der Waals surface area contributed by atoms with Gasteiger partial charge < -0.3 is 10.2 Å². The summed E-state index contributed by atoms with van der Waals surface area (Å²) in [5.41, 5.74) is 2.56. The van der Waals surface area contributed by atoms with Crippen LogP contribution in [-0.4, -0.2) is 20.1 Å². The zero-order chi connectivity index (χ0) is 12.3. The molecular weight excluding hydrogens is 208 g/mol. The lowest BCUT2D eigenvalue weighted by molar-refractivity contribution is 0.358. The van der Waals surface area contributed by atoms with Gasteiger partial charge in [0.25, 0.3) is 0 Å². The van der Waals surface area contributed by atoms with Gasteiger partial charge in [-0.2, -0.15) is 0 Å². The number of anilines is 2. The monoisotopic (exact) mass is 232 g/mol. The molecule has 17 heavy (non-hydrogen) atoms. The van der Waals surface area contributed by atoms with Gasteiger partial charge in [0.05, 0.1) is 11.4 Å². The molecule has 0 heterocycles. The van der Waals surface area contributed by atoms with Crippen LogP contribution in [0.5, 0.6) is 0 Å². The molecule has 1 saturated carbocycles. The van der Waals surface area contributed by atoms with Crippen LogP contribution in [0, 0.1) is 5.92 Å². The van der Waals surface area contributed by atoms with Gasteiger partial charge in [-0.25, -0.2) is 0 Å². The Hall–Kier alpha value is -1.18. The second-order valence-corrected chi connectivity index (χ2v) is 5.52. The van der Waals surface area contributed by atoms with E-state index in [0.717, 1.165) is 5.92 Å². The largest absolute Gasteiger partial charge is 0.381 e. The lowest BCUT2D eigenvalue weighted by atomic mass is 9.87. The average Bonchev–Trinajstić information content (AvgIpc) is 2.29. The topological polar surface area (TPSA) is 15.3 Å². The van der Waals surface area contributed by atoms with Gasteiger partial charge in [0.2, 0.25) is 0 Å². The van der Waals surface area contributed by atoms with Gasteiger partial charge in [-0.15, -0.1) is 0 Å². The fraction of sp³-hybridized carbons (Fsp3) is 0.600. The molecule has 1 aromatic rings. The van der Waals surface area contributed by atoms with Crippen LogP contribution in [0.3, 0.4) is 0 Å². The van der Waals surface area contributed by atoms with Crippen LogP contribution in [0.25, 0.3) is 0 Å². The van der Waals surface area contributed by atoms with Crippen molar-refractivity contribution < 1.29 is 0 Å². The van der Waals surface area contributed by atoms with Crippen LogP contribution in [0.2, 0.25) is 0 Å². The summed E-state index contributed by atoms with van der Waals surface area (Å²) >= 11 is 0. The molecule has 1 aliphatic rings. The molecule has 1 N–H and O–H groups in total. The van der Waals surface area contributed by atoms with Crippen LogP contribution in [0.4, 0.5) is 11.4 Å². The summed E-state index contributed by atoms with van der Waals surface area (Å²) in [5.74, 6) is 0.868. The highest BCUT2D eigenvalue weighted by Gasteiger charge is 2.19. The third kappa shape index (κ3) is 3.15. The molecule has 1 aromatic carbocycles. The predicted octanol–water partition coefficient (Wildman–Crippen LogP) is 3.74. The van der Waals surface area contributed by atoms with Crippen molar-refractivity contribution in [3.8, 4) is 0 Å². The number of nitrogens with one attached hydrogen (secondary N) is 1. The van der Waals surface area contributed by atoms with E-state index >= 15 is 0 Å². The summed E-state index contributed by atoms with van der Waals surface area (Å²) in [4.78, 5) is 2.18. The predicted molar refractivity (Wildman–Crippen MR) is 75.8 cm³/mol. The molecule has 0 aromatic heterocycles. The molecule has 94 valence electrons. The molecule has 2 nitrogen and oxygen atoms in total. The minimum Gasteiger partial charge on any atom is -0.381 e. The molecule has 0 bridgehead atoms. The van der Waals surface area contributed by atoms with Crippen LogP contribution in [0.1, 0.15) is 32.6 Å². The first-order valence-electron chi connectivity index (χ1n) is 6.69. The van der Waals surface area contributed by atoms with E-state index in [1.54, 1.807) is 0 Å². The van der Waals surface area contributed by atoms with Crippen LogP contribution in [-0.2, 0) is 0 Å². The van der Waals surface area contributed by atoms with E-state index in [-0.39, 0.29) is 0 Å². The summed E-state index contributed by atoms with van der Waals surface area (Å²) in [6.45, 7) is 2.37. The molecule has 2 heteroatoms. The van der Waals surface area contributed by atoms with Crippen molar-refractivity contribution in [1.29, 1.82) is 0 Å². The second-order valence-electron chi connectivity index (χ2n) is 5.52. The molecule has 0 spiro atoms. The number of hydrogen-bond acceptors (Lipinski definition) is 2. The zero-order valence-electron chi connectivity index (χ0n) is 11.2. The molecule has 1 aliphatic carbocycles. The van der Waals surface area contributed by atoms with Gasteiger partial charge in [0, 0.05) is 20.1 Å². The van der Waals surface area contributed by atoms with Crippen molar-refractivity contribution in [2.24, 2.45) is 5.92 Å². The minimum absolute atomic E-state index is 0.653. The van der Waals surface area contributed by atoms with E-state index in [2.05, 4.69) is 55.5 Å². The van der Waals surface area contributed by atoms with E-state index in [9.17, 15) is 0 Å². The fourth-order valence-electron chi connectivity index (χ4n) is 2.77. The van der Waals surface area contributed by atoms with Gasteiger partial charge in [-0.3, -0.25) is 0 Å². The standard InChI is InChI=1S/C15H24N2/c1-12-7-6-8-13(11-12)16-14-9-4-5-10-15(14)17(2)3/h4-5,9-10,12-13,16H,6-8,11H2,1-3H3. The van der Waals surface area contributed by atoms with Crippen molar-refractivity contribution in [3.63, 3.8) is 0 Å². The van der Waals surface area contributed by atoms with E-state index < -0.39 is 0 Å². The Balaban J connectivity index is 2.07. The smallest absolute Gasteiger partial charge is 0.0596 e. The maximum Gasteiger partial charge on any atom is 0.0596 e. The van der Waals surface area contributed by atoms with E-state index in [1.165, 1.54) is 37.1 Å². The maximum atomic E-state index is 3.72. The normalized spacial score (nSPS) is 24.4. The van der Waals surface area contributed by atoms with Crippen molar-refractivity contribution in [2.75, 3.05) is 24.3 Å². The number of hydrogen-bond donors (Lipinski definition) is 1. The first-order valence-corrected chi connectivity index (χ1v) is 6.69. The van der Waals surface area contributed by atoms with Gasteiger partial charge in [-0.05, 0) is 30.9 Å². The van der Waals surface area contributed by atoms with Crippen LogP contribution in [0.15, 0.2) is 24.3 Å². The molecule has 2 unspecified atom stereocenters. The maximum absolute atomic E-state index is 3.72. The van der Waals surface area contributed by atoms with Crippen molar-refractivity contribution in [1.82, 2.24) is 0 Å². The SMILES string of the molecule is CC1CCCC(Nc2ccccc2N(C)C)C1. The van der Waals surface area contributed by atoms with Gasteiger partial charge in [-0.1, -0.05) is 31.9 Å². The zero-order valence-corrected chi connectivity index (χ0v) is 11.2. The summed E-state index contributed by atoms with van der Waals surface area (Å²) in [5, 5.41) is 3.72. The van der Waals surface area contributed by atoms with Crippen molar-refractivity contribution in [3.05, 3.63) is 24.3 Å². The van der Waals surface area contributed by atoms with Crippen LogP contribution >= 0.6 is 0 Å². The van der Waals surface area contributed by atoms with E-state index in [0.29, 0.717) is 6.04 Å². The molecule has 0 aliphatic heterocycles. The Morgan fingerprint density at radius 3 is 2.65 bits per heavy atom. The molecule has 2 rings (SSSR count). The third-order valence-electron chi connectivity index (χ3n) is 3.68. The Bertz CT molecular complexity index is 360. The van der Waals surface area contributed by atoms with Crippen LogP contribution < -0.4 is 10.2 Å². The highest BCUT2D eigenvalue weighted by molar-refractivity contribution is 5.69. The molecule has 1 fully saturated rings. The Labute approximate surface area is 105 Å². The Morgan fingerprint density at radius 1 is 1.18 bits per heavy atom. The lowest BCUT2D eigenvalue weighted by Gasteiger charge is -2.30. The average molecular weight is 232 g/mol. The third-order valence-corrected chi connectivity index (χ3v) is 3.68. The van der Waals surface area contributed by atoms with E-state index in [1.807, 2.05) is 0 Å². The number of benzene rings is 1. The highest BCUT2D eigenvalue weighted by Crippen LogP contribution is 2.30. The number of para-hydroxylation sites is 2. The molecule has 2 atom stereocenters. The quantitative estimate of drug-likeness (QED) is 0.854. The molecular formula is C15H24N2. The number of rotatable bonds is 3. The molecule has 0 saturated heterocycles. The fourth-order valence-corrected chi connectivity index (χ4v) is 2.77. The van der Waals surface area contributed by atoms with Gasteiger partial charge in [0.1, 0.15) is 0 Å². The van der Waals surface area contributed by atoms with Crippen molar-refractivity contribution in [2.45, 2.75) is 38.6 Å².